The SMILES string of the molecule is C[C@H](C(=O)N1CCSCC1)[C@H]1CC[C@]2(C)Cc3sc(NC(=O)c4cccn4C)nc3[C@@H](C)[C@@H]2[C@H]1O. The molecule has 6 atom stereocenters. The number of fused-ring (bicyclic) bond motifs is 2. The number of aryl methyl sites for hydroxylation is 1. The zero-order valence-corrected chi connectivity index (χ0v) is 22.6. The minimum Gasteiger partial charge on any atom is -0.392 e. The van der Waals surface area contributed by atoms with Crippen molar-refractivity contribution < 1.29 is 14.7 Å². The summed E-state index contributed by atoms with van der Waals surface area (Å²) in [5, 5.41) is 15.3. The molecule has 2 aromatic heterocycles. The van der Waals surface area contributed by atoms with Gasteiger partial charge < -0.3 is 14.6 Å². The molecule has 1 aliphatic heterocycles. The van der Waals surface area contributed by atoms with Gasteiger partial charge in [0.05, 0.1) is 11.8 Å². The summed E-state index contributed by atoms with van der Waals surface area (Å²) in [6, 6.07) is 3.64. The summed E-state index contributed by atoms with van der Waals surface area (Å²) >= 11 is 3.46. The Morgan fingerprint density at radius 1 is 1.31 bits per heavy atom. The van der Waals surface area contributed by atoms with Crippen LogP contribution < -0.4 is 5.32 Å². The van der Waals surface area contributed by atoms with E-state index in [0.717, 1.165) is 49.6 Å². The van der Waals surface area contributed by atoms with E-state index in [9.17, 15) is 14.7 Å². The van der Waals surface area contributed by atoms with Crippen LogP contribution in [0.15, 0.2) is 18.3 Å². The highest BCUT2D eigenvalue weighted by Crippen LogP contribution is 2.57. The van der Waals surface area contributed by atoms with Gasteiger partial charge in [-0.3, -0.25) is 14.9 Å². The van der Waals surface area contributed by atoms with Crippen LogP contribution in [0.5, 0.6) is 0 Å². The average molecular weight is 517 g/mol. The number of hydrogen-bond donors (Lipinski definition) is 2. The Hall–Kier alpha value is -1.84. The molecule has 0 bridgehead atoms. The van der Waals surface area contributed by atoms with Gasteiger partial charge in [0.15, 0.2) is 5.13 Å². The number of aliphatic hydroxyl groups is 1. The number of aliphatic hydroxyl groups excluding tert-OH is 1. The lowest BCUT2D eigenvalue weighted by Crippen LogP contribution is -2.54. The fourth-order valence-corrected chi connectivity index (χ4v) is 8.88. The molecule has 2 aliphatic carbocycles. The van der Waals surface area contributed by atoms with Crippen LogP contribution in [0.25, 0.3) is 0 Å². The molecular weight excluding hydrogens is 480 g/mol. The van der Waals surface area contributed by atoms with E-state index in [-0.39, 0.29) is 40.9 Å². The van der Waals surface area contributed by atoms with Crippen molar-refractivity contribution in [2.24, 2.45) is 30.2 Å². The first-order chi connectivity index (χ1) is 16.7. The number of carbonyl (C=O) groups is 2. The second kappa shape index (κ2) is 9.56. The van der Waals surface area contributed by atoms with E-state index in [1.807, 2.05) is 42.9 Å². The Balaban J connectivity index is 1.34. The maximum absolute atomic E-state index is 13.2. The first-order valence-electron chi connectivity index (χ1n) is 12.7. The van der Waals surface area contributed by atoms with Crippen molar-refractivity contribution in [1.82, 2.24) is 14.5 Å². The molecule has 0 radical (unpaired) electrons. The monoisotopic (exact) mass is 516 g/mol. The third kappa shape index (κ3) is 4.44. The van der Waals surface area contributed by atoms with Crippen molar-refractivity contribution in [3.05, 3.63) is 34.6 Å². The van der Waals surface area contributed by atoms with Crippen molar-refractivity contribution in [2.75, 3.05) is 29.9 Å². The van der Waals surface area contributed by atoms with E-state index in [1.54, 1.807) is 22.0 Å². The first kappa shape index (κ1) is 24.8. The van der Waals surface area contributed by atoms with Crippen molar-refractivity contribution in [3.8, 4) is 0 Å². The zero-order chi connectivity index (χ0) is 24.9. The second-order valence-corrected chi connectivity index (χ2v) is 13.2. The van der Waals surface area contributed by atoms with Crippen molar-refractivity contribution in [1.29, 1.82) is 0 Å². The number of nitrogens with zero attached hydrogens (tertiary/aromatic N) is 3. The summed E-state index contributed by atoms with van der Waals surface area (Å²) in [6.07, 6.45) is 4.01. The molecule has 0 spiro atoms. The smallest absolute Gasteiger partial charge is 0.274 e. The molecule has 2 N–H and O–H groups in total. The predicted octanol–water partition coefficient (Wildman–Crippen LogP) is 4.00. The zero-order valence-electron chi connectivity index (χ0n) is 21.0. The van der Waals surface area contributed by atoms with Gasteiger partial charge in [0, 0.05) is 54.6 Å². The molecule has 3 heterocycles. The Kier molecular flexibility index (Phi) is 6.78. The predicted molar refractivity (Wildman–Crippen MR) is 141 cm³/mol. The highest BCUT2D eigenvalue weighted by atomic mass is 32.2. The average Bonchev–Trinajstić information content (AvgIpc) is 3.44. The summed E-state index contributed by atoms with van der Waals surface area (Å²) in [5.74, 6) is 1.92. The molecule has 1 saturated carbocycles. The van der Waals surface area contributed by atoms with Crippen molar-refractivity contribution in [2.45, 2.75) is 52.1 Å². The van der Waals surface area contributed by atoms with Gasteiger partial charge in [0.25, 0.3) is 5.91 Å². The van der Waals surface area contributed by atoms with Crippen LogP contribution in [0.4, 0.5) is 5.13 Å². The number of anilines is 1. The third-order valence-electron chi connectivity index (χ3n) is 8.67. The molecule has 3 aliphatic rings. The van der Waals surface area contributed by atoms with Crippen LogP contribution in [0.1, 0.15) is 60.6 Å². The molecule has 35 heavy (non-hydrogen) atoms. The van der Waals surface area contributed by atoms with Crippen LogP contribution in [-0.4, -0.2) is 62.1 Å². The highest BCUT2D eigenvalue weighted by molar-refractivity contribution is 7.99. The lowest BCUT2D eigenvalue weighted by molar-refractivity contribution is -0.144. The number of thiazole rings is 1. The molecule has 2 fully saturated rings. The minimum absolute atomic E-state index is 0.0331. The van der Waals surface area contributed by atoms with Crippen molar-refractivity contribution in [3.63, 3.8) is 0 Å². The number of carbonyl (C=O) groups excluding carboxylic acids is 2. The molecule has 190 valence electrons. The maximum Gasteiger partial charge on any atom is 0.274 e. The molecule has 2 amide bonds. The molecule has 1 saturated heterocycles. The van der Waals surface area contributed by atoms with E-state index in [2.05, 4.69) is 19.2 Å². The first-order valence-corrected chi connectivity index (χ1v) is 14.6. The third-order valence-corrected chi connectivity index (χ3v) is 10.6. The Morgan fingerprint density at radius 2 is 2.06 bits per heavy atom. The van der Waals surface area contributed by atoms with E-state index in [1.165, 1.54) is 4.88 Å². The van der Waals surface area contributed by atoms with Gasteiger partial charge in [0.1, 0.15) is 5.69 Å². The summed E-state index contributed by atoms with van der Waals surface area (Å²) in [4.78, 5) is 34.0. The molecule has 9 heteroatoms. The Morgan fingerprint density at radius 3 is 2.74 bits per heavy atom. The van der Waals surface area contributed by atoms with Crippen LogP contribution in [0.3, 0.4) is 0 Å². The lowest BCUT2D eigenvalue weighted by atomic mass is 9.53. The summed E-state index contributed by atoms with van der Waals surface area (Å²) < 4.78 is 1.79. The molecular formula is C26H36N4O3S2. The van der Waals surface area contributed by atoms with Crippen LogP contribution >= 0.6 is 23.1 Å². The van der Waals surface area contributed by atoms with Crippen molar-refractivity contribution >= 4 is 40.0 Å². The Labute approximate surface area is 215 Å². The van der Waals surface area contributed by atoms with Gasteiger partial charge in [-0.15, -0.1) is 11.3 Å². The normalized spacial score (nSPS) is 31.4. The summed E-state index contributed by atoms with van der Waals surface area (Å²) in [6.45, 7) is 8.08. The topological polar surface area (TPSA) is 87.5 Å². The molecule has 7 nitrogen and oxygen atoms in total. The fourth-order valence-electron chi connectivity index (χ4n) is 6.71. The lowest BCUT2D eigenvalue weighted by Gasteiger charge is -2.53. The van der Waals surface area contributed by atoms with Gasteiger partial charge in [-0.25, -0.2) is 4.98 Å². The largest absolute Gasteiger partial charge is 0.392 e. The minimum atomic E-state index is -0.543. The van der Waals surface area contributed by atoms with E-state index in [0.29, 0.717) is 10.8 Å². The summed E-state index contributed by atoms with van der Waals surface area (Å²) in [7, 11) is 1.85. The molecule has 0 unspecified atom stereocenters. The second-order valence-electron chi connectivity index (χ2n) is 10.9. The van der Waals surface area contributed by atoms with E-state index >= 15 is 0 Å². The van der Waals surface area contributed by atoms with Gasteiger partial charge in [0.2, 0.25) is 5.91 Å². The standard InChI is InChI=1S/C26H36N4O3S2/c1-15(24(33)30-10-12-34-13-11-30)17-7-8-26(3)14-19-21(16(2)20(26)22(17)31)27-25(35-19)28-23(32)18-6-5-9-29(18)4/h5-6,9,15-17,20,22,31H,7-8,10-14H2,1-4H3,(H,27,28,32)/t15-,16-,17+,20+,22-,26+/m0/s1. The highest BCUT2D eigenvalue weighted by Gasteiger charge is 2.54. The number of nitrogens with one attached hydrogen (secondary N) is 1. The fraction of sp³-hybridized carbons (Fsp3) is 0.654. The number of aromatic nitrogens is 2. The number of rotatable bonds is 4. The van der Waals surface area contributed by atoms with Gasteiger partial charge in [-0.1, -0.05) is 20.8 Å². The maximum atomic E-state index is 13.2. The summed E-state index contributed by atoms with van der Waals surface area (Å²) in [5.41, 5.74) is 1.54. The van der Waals surface area contributed by atoms with Gasteiger partial charge in [-0.05, 0) is 48.6 Å². The van der Waals surface area contributed by atoms with Crippen LogP contribution in [0, 0.1) is 23.2 Å². The number of amides is 2. The molecule has 0 aromatic carbocycles. The van der Waals surface area contributed by atoms with Crippen LogP contribution in [-0.2, 0) is 18.3 Å². The molecule has 5 rings (SSSR count). The van der Waals surface area contributed by atoms with E-state index in [4.69, 9.17) is 4.98 Å². The number of hydrogen-bond acceptors (Lipinski definition) is 6. The quantitative estimate of drug-likeness (QED) is 0.642. The number of thioether (sulfide) groups is 1. The van der Waals surface area contributed by atoms with Gasteiger partial charge >= 0.3 is 0 Å². The van der Waals surface area contributed by atoms with E-state index < -0.39 is 6.10 Å². The molecule has 2 aromatic rings. The van der Waals surface area contributed by atoms with Crippen LogP contribution in [0.2, 0.25) is 0 Å². The van der Waals surface area contributed by atoms with Gasteiger partial charge in [-0.2, -0.15) is 11.8 Å². The Bertz CT molecular complexity index is 1110.